The van der Waals surface area contributed by atoms with Gasteiger partial charge in [-0.2, -0.15) is 0 Å². The summed E-state index contributed by atoms with van der Waals surface area (Å²) in [5, 5.41) is 11.8. The lowest BCUT2D eigenvalue weighted by molar-refractivity contribution is 0.0950. The number of aliphatic hydroxyl groups is 1. The Balaban J connectivity index is 2.02. The minimum Gasteiger partial charge on any atom is -0.392 e. The van der Waals surface area contributed by atoms with Gasteiger partial charge in [0.05, 0.1) is 11.1 Å². The first-order valence-electron chi connectivity index (χ1n) is 6.02. The number of nitrogens with one attached hydrogen (secondary N) is 1. The maximum Gasteiger partial charge on any atom is 0.251 e. The number of hydrogen-bond acceptors (Lipinski definition) is 2. The molecule has 2 rings (SSSR count). The van der Waals surface area contributed by atoms with Crippen LogP contribution in [-0.4, -0.2) is 11.0 Å². The van der Waals surface area contributed by atoms with Crippen LogP contribution in [0.1, 0.15) is 21.5 Å². The molecule has 0 saturated heterocycles. The average molecular weight is 338 g/mol. The second kappa shape index (κ2) is 6.63. The van der Waals surface area contributed by atoms with Crippen LogP contribution in [0.4, 0.5) is 4.39 Å². The third kappa shape index (κ3) is 3.65. The maximum absolute atomic E-state index is 13.3. The van der Waals surface area contributed by atoms with Crippen molar-refractivity contribution >= 4 is 21.8 Å². The highest BCUT2D eigenvalue weighted by molar-refractivity contribution is 9.10. The monoisotopic (exact) mass is 337 g/mol. The summed E-state index contributed by atoms with van der Waals surface area (Å²) in [6.45, 7) is 0.282. The Hall–Kier alpha value is -1.72. The highest BCUT2D eigenvalue weighted by Gasteiger charge is 2.08. The van der Waals surface area contributed by atoms with Crippen molar-refractivity contribution in [1.82, 2.24) is 5.32 Å². The third-order valence-corrected chi connectivity index (χ3v) is 3.45. The summed E-state index contributed by atoms with van der Waals surface area (Å²) in [4.78, 5) is 11.9. The van der Waals surface area contributed by atoms with Crippen LogP contribution < -0.4 is 5.32 Å². The van der Waals surface area contributed by atoms with E-state index in [1.165, 1.54) is 12.1 Å². The molecule has 0 bridgehead atoms. The molecule has 0 spiro atoms. The number of aliphatic hydroxyl groups excluding tert-OH is 1. The van der Waals surface area contributed by atoms with Gasteiger partial charge in [-0.05, 0) is 45.3 Å². The number of halogens is 2. The van der Waals surface area contributed by atoms with E-state index in [0.717, 1.165) is 11.1 Å². The van der Waals surface area contributed by atoms with Gasteiger partial charge >= 0.3 is 0 Å². The number of carbonyl (C=O) groups excluding carboxylic acids is 1. The molecular formula is C15H13BrFNO2. The average Bonchev–Trinajstić information content (AvgIpc) is 2.47. The summed E-state index contributed by atoms with van der Waals surface area (Å²) in [6.07, 6.45) is 0. The highest BCUT2D eigenvalue weighted by atomic mass is 79.9. The molecule has 3 nitrogen and oxygen atoms in total. The number of hydrogen-bond donors (Lipinski definition) is 2. The van der Waals surface area contributed by atoms with E-state index in [1.807, 2.05) is 18.2 Å². The highest BCUT2D eigenvalue weighted by Crippen LogP contribution is 2.16. The number of carbonyl (C=O) groups is 1. The smallest absolute Gasteiger partial charge is 0.251 e. The van der Waals surface area contributed by atoms with E-state index < -0.39 is 5.82 Å². The van der Waals surface area contributed by atoms with E-state index in [4.69, 9.17) is 5.11 Å². The van der Waals surface area contributed by atoms with Crippen LogP contribution in [0.2, 0.25) is 0 Å². The van der Waals surface area contributed by atoms with Crippen LogP contribution in [-0.2, 0) is 13.2 Å². The van der Waals surface area contributed by atoms with E-state index in [2.05, 4.69) is 21.2 Å². The molecule has 0 aliphatic carbocycles. The van der Waals surface area contributed by atoms with Gasteiger partial charge in [0.25, 0.3) is 5.91 Å². The van der Waals surface area contributed by atoms with Crippen LogP contribution in [0.3, 0.4) is 0 Å². The molecule has 20 heavy (non-hydrogen) atoms. The van der Waals surface area contributed by atoms with Crippen molar-refractivity contribution in [3.8, 4) is 0 Å². The molecule has 0 radical (unpaired) electrons. The predicted octanol–water partition coefficient (Wildman–Crippen LogP) is 3.01. The maximum atomic E-state index is 13.3. The fourth-order valence-corrected chi connectivity index (χ4v) is 2.01. The van der Waals surface area contributed by atoms with Crippen LogP contribution >= 0.6 is 15.9 Å². The Morgan fingerprint density at radius 3 is 2.65 bits per heavy atom. The fourth-order valence-electron chi connectivity index (χ4n) is 1.76. The fraction of sp³-hybridized carbons (Fsp3) is 0.133. The number of rotatable bonds is 4. The Morgan fingerprint density at radius 2 is 1.95 bits per heavy atom. The lowest BCUT2D eigenvalue weighted by Crippen LogP contribution is -2.22. The molecule has 0 atom stereocenters. The van der Waals surface area contributed by atoms with Crippen LogP contribution in [0, 0.1) is 5.82 Å². The van der Waals surface area contributed by atoms with Crippen LogP contribution in [0.5, 0.6) is 0 Å². The van der Waals surface area contributed by atoms with Crippen molar-refractivity contribution in [2.75, 3.05) is 0 Å². The van der Waals surface area contributed by atoms with Gasteiger partial charge in [-0.1, -0.05) is 24.3 Å². The quantitative estimate of drug-likeness (QED) is 0.900. The zero-order valence-electron chi connectivity index (χ0n) is 10.6. The Labute approximate surface area is 124 Å². The second-order valence-corrected chi connectivity index (χ2v) is 5.14. The number of amides is 1. The van der Waals surface area contributed by atoms with E-state index in [9.17, 15) is 9.18 Å². The van der Waals surface area contributed by atoms with Crippen molar-refractivity contribution in [1.29, 1.82) is 0 Å². The molecule has 2 aromatic carbocycles. The molecule has 2 aromatic rings. The summed E-state index contributed by atoms with van der Waals surface area (Å²) >= 11 is 3.04. The molecule has 0 saturated carbocycles. The van der Waals surface area contributed by atoms with Crippen LogP contribution in [0.15, 0.2) is 46.9 Å². The normalized spacial score (nSPS) is 10.3. The summed E-state index contributed by atoms with van der Waals surface area (Å²) in [5.74, 6) is -0.814. The summed E-state index contributed by atoms with van der Waals surface area (Å²) < 4.78 is 13.7. The molecule has 0 heterocycles. The van der Waals surface area contributed by atoms with Gasteiger partial charge in [-0.25, -0.2) is 4.39 Å². The minimum absolute atomic E-state index is 0.0420. The summed E-state index contributed by atoms with van der Waals surface area (Å²) in [6, 6.07) is 11.5. The molecule has 0 fully saturated rings. The van der Waals surface area contributed by atoms with E-state index >= 15 is 0 Å². The lowest BCUT2D eigenvalue weighted by Gasteiger charge is -2.07. The molecule has 0 aliphatic heterocycles. The van der Waals surface area contributed by atoms with E-state index in [1.54, 1.807) is 12.1 Å². The molecule has 2 N–H and O–H groups in total. The first kappa shape index (κ1) is 14.7. The second-order valence-electron chi connectivity index (χ2n) is 4.29. The van der Waals surface area contributed by atoms with Gasteiger partial charge in [0.1, 0.15) is 5.82 Å². The van der Waals surface area contributed by atoms with Gasteiger partial charge in [0, 0.05) is 12.1 Å². The molecule has 0 unspecified atom stereocenters. The van der Waals surface area contributed by atoms with Crippen molar-refractivity contribution in [3.05, 3.63) is 69.4 Å². The summed E-state index contributed by atoms with van der Waals surface area (Å²) in [7, 11) is 0. The molecule has 0 aromatic heterocycles. The van der Waals surface area contributed by atoms with Crippen molar-refractivity contribution in [2.24, 2.45) is 0 Å². The van der Waals surface area contributed by atoms with Gasteiger partial charge in [0.15, 0.2) is 0 Å². The summed E-state index contributed by atoms with van der Waals surface area (Å²) in [5.41, 5.74) is 1.93. The first-order valence-corrected chi connectivity index (χ1v) is 6.81. The van der Waals surface area contributed by atoms with Gasteiger partial charge in [-0.3, -0.25) is 4.79 Å². The van der Waals surface area contributed by atoms with Gasteiger partial charge < -0.3 is 10.4 Å². The van der Waals surface area contributed by atoms with Crippen molar-refractivity contribution in [2.45, 2.75) is 13.2 Å². The Morgan fingerprint density at radius 1 is 1.20 bits per heavy atom. The van der Waals surface area contributed by atoms with Crippen LogP contribution in [0.25, 0.3) is 0 Å². The minimum atomic E-state index is -0.472. The molecular weight excluding hydrogens is 325 g/mol. The Bertz CT molecular complexity index is 631. The number of benzene rings is 2. The SMILES string of the molecule is O=C(NCc1cccc(CO)c1)c1ccc(Br)c(F)c1. The third-order valence-electron chi connectivity index (χ3n) is 2.81. The molecule has 104 valence electrons. The topological polar surface area (TPSA) is 49.3 Å². The lowest BCUT2D eigenvalue weighted by atomic mass is 10.1. The van der Waals surface area contributed by atoms with Gasteiger partial charge in [0.2, 0.25) is 0 Å². The molecule has 5 heteroatoms. The van der Waals surface area contributed by atoms with Crippen molar-refractivity contribution in [3.63, 3.8) is 0 Å². The Kier molecular flexibility index (Phi) is 4.87. The zero-order chi connectivity index (χ0) is 14.5. The van der Waals surface area contributed by atoms with E-state index in [0.29, 0.717) is 11.0 Å². The predicted molar refractivity (Wildman–Crippen MR) is 77.6 cm³/mol. The zero-order valence-corrected chi connectivity index (χ0v) is 12.2. The first-order chi connectivity index (χ1) is 9.60. The van der Waals surface area contributed by atoms with E-state index in [-0.39, 0.29) is 18.1 Å². The van der Waals surface area contributed by atoms with Gasteiger partial charge in [-0.15, -0.1) is 0 Å². The largest absolute Gasteiger partial charge is 0.392 e. The molecule has 0 aliphatic rings. The van der Waals surface area contributed by atoms with Crippen molar-refractivity contribution < 1.29 is 14.3 Å². The molecule has 1 amide bonds. The standard InChI is InChI=1S/C15H13BrFNO2/c16-13-5-4-12(7-14(13)17)15(20)18-8-10-2-1-3-11(6-10)9-19/h1-7,19H,8-9H2,(H,18,20).